The van der Waals surface area contributed by atoms with Crippen LogP contribution in [0.2, 0.25) is 0 Å². The van der Waals surface area contributed by atoms with E-state index in [0.717, 1.165) is 19.5 Å². The predicted molar refractivity (Wildman–Crippen MR) is 50.0 cm³/mol. The molecule has 0 unspecified atom stereocenters. The molecule has 0 saturated heterocycles. The second kappa shape index (κ2) is 4.26. The van der Waals surface area contributed by atoms with E-state index < -0.39 is 0 Å². The summed E-state index contributed by atoms with van der Waals surface area (Å²) in [4.78, 5) is 2.29. The second-order valence-electron chi connectivity index (χ2n) is 2.86. The summed E-state index contributed by atoms with van der Waals surface area (Å²) in [6.07, 6.45) is 3.07. The van der Waals surface area contributed by atoms with E-state index in [1.54, 1.807) is 0 Å². The number of nitrogens with one attached hydrogen (secondary N) is 1. The van der Waals surface area contributed by atoms with Gasteiger partial charge in [-0.05, 0) is 19.0 Å². The highest BCUT2D eigenvalue weighted by Gasteiger charge is 2.13. The fourth-order valence-corrected chi connectivity index (χ4v) is 1.35. The van der Waals surface area contributed by atoms with E-state index in [1.807, 2.05) is 20.0 Å². The van der Waals surface area contributed by atoms with Crippen LogP contribution >= 0.6 is 0 Å². The zero-order valence-corrected chi connectivity index (χ0v) is 8.09. The lowest BCUT2D eigenvalue weighted by atomic mass is 10.1. The van der Waals surface area contributed by atoms with Crippen LogP contribution in [0, 0.1) is 0 Å². The van der Waals surface area contributed by atoms with Crippen molar-refractivity contribution in [1.29, 1.82) is 0 Å². The minimum Gasteiger partial charge on any atom is -0.300 e. The third-order valence-corrected chi connectivity index (χ3v) is 2.00. The van der Waals surface area contributed by atoms with Gasteiger partial charge in [0, 0.05) is 13.1 Å². The molecule has 68 valence electrons. The molecule has 1 aromatic rings. The molecule has 0 aliphatic carbocycles. The lowest BCUT2D eigenvalue weighted by Crippen LogP contribution is -2.25. The smallest absolute Gasteiger partial charge is 0.0524 e. The van der Waals surface area contributed by atoms with Crippen LogP contribution in [0.4, 0.5) is 0 Å². The van der Waals surface area contributed by atoms with Gasteiger partial charge in [0.2, 0.25) is 0 Å². The van der Waals surface area contributed by atoms with E-state index in [0.29, 0.717) is 0 Å². The Morgan fingerprint density at radius 2 is 2.25 bits per heavy atom. The number of hydrogen-bond acceptors (Lipinski definition) is 2. The number of aromatic amines is 1. The minimum absolute atomic E-state index is 1.02. The van der Waals surface area contributed by atoms with Crippen molar-refractivity contribution in [3.05, 3.63) is 17.5 Å². The zero-order valence-electron chi connectivity index (χ0n) is 8.09. The van der Waals surface area contributed by atoms with Crippen molar-refractivity contribution in [3.63, 3.8) is 0 Å². The molecular formula is C9H17N3. The summed E-state index contributed by atoms with van der Waals surface area (Å²) in [6.45, 7) is 6.18. The molecule has 1 aliphatic rings. The number of hydrogen-bond donors (Lipinski definition) is 1. The van der Waals surface area contributed by atoms with Gasteiger partial charge in [-0.15, -0.1) is 0 Å². The fourth-order valence-electron chi connectivity index (χ4n) is 1.35. The molecule has 2 heterocycles. The van der Waals surface area contributed by atoms with Crippen LogP contribution in [0.1, 0.15) is 25.1 Å². The molecule has 0 aromatic carbocycles. The largest absolute Gasteiger partial charge is 0.300 e. The van der Waals surface area contributed by atoms with E-state index in [-0.39, 0.29) is 0 Å². The molecule has 0 radical (unpaired) electrons. The van der Waals surface area contributed by atoms with Crippen LogP contribution < -0.4 is 0 Å². The lowest BCUT2D eigenvalue weighted by Gasteiger charge is -2.20. The summed E-state index contributed by atoms with van der Waals surface area (Å²) in [5.74, 6) is 0. The maximum Gasteiger partial charge on any atom is 0.0524 e. The average Bonchev–Trinajstić information content (AvgIpc) is 2.54. The molecule has 12 heavy (non-hydrogen) atoms. The van der Waals surface area contributed by atoms with E-state index in [4.69, 9.17) is 0 Å². The first kappa shape index (κ1) is 9.26. The topological polar surface area (TPSA) is 31.9 Å². The maximum absolute atomic E-state index is 3.99. The summed E-state index contributed by atoms with van der Waals surface area (Å²) < 4.78 is 0. The highest BCUT2D eigenvalue weighted by Crippen LogP contribution is 2.13. The molecule has 1 N–H and O–H groups in total. The van der Waals surface area contributed by atoms with Gasteiger partial charge in [-0.25, -0.2) is 0 Å². The van der Waals surface area contributed by atoms with Crippen molar-refractivity contribution in [1.82, 2.24) is 15.1 Å². The molecule has 3 heteroatoms. The lowest BCUT2D eigenvalue weighted by molar-refractivity contribution is 0.309. The Bertz CT molecular complexity index is 229. The van der Waals surface area contributed by atoms with Crippen molar-refractivity contribution < 1.29 is 0 Å². The first-order valence-electron chi connectivity index (χ1n) is 4.56. The Morgan fingerprint density at radius 1 is 1.50 bits per heavy atom. The third kappa shape index (κ3) is 1.85. The summed E-state index contributed by atoms with van der Waals surface area (Å²) in [5.41, 5.74) is 2.67. The van der Waals surface area contributed by atoms with Crippen LogP contribution in [-0.2, 0) is 13.0 Å². The SMILES string of the molecule is CC.CN1CCc2cn[nH]c2C1. The van der Waals surface area contributed by atoms with Gasteiger partial charge in [-0.2, -0.15) is 5.10 Å². The van der Waals surface area contributed by atoms with Crippen molar-refractivity contribution in [3.8, 4) is 0 Å². The Hall–Kier alpha value is -0.830. The zero-order chi connectivity index (χ0) is 8.97. The Kier molecular flexibility index (Phi) is 3.29. The van der Waals surface area contributed by atoms with Crippen LogP contribution in [0.25, 0.3) is 0 Å². The molecular weight excluding hydrogens is 150 g/mol. The number of aromatic nitrogens is 2. The standard InChI is InChI=1S/C7H11N3.C2H6/c1-10-3-2-6-4-8-9-7(6)5-10;1-2/h4H,2-3,5H2,1H3,(H,8,9);1-2H3. The maximum atomic E-state index is 3.99. The van der Waals surface area contributed by atoms with E-state index >= 15 is 0 Å². The molecule has 0 fully saturated rings. The predicted octanol–water partition coefficient (Wildman–Crippen LogP) is 1.42. The average molecular weight is 167 g/mol. The Balaban J connectivity index is 0.000000336. The number of rotatable bonds is 0. The van der Waals surface area contributed by atoms with Crippen LogP contribution in [-0.4, -0.2) is 28.7 Å². The van der Waals surface area contributed by atoms with Gasteiger partial charge in [0.15, 0.2) is 0 Å². The highest BCUT2D eigenvalue weighted by atomic mass is 15.2. The Morgan fingerprint density at radius 3 is 3.00 bits per heavy atom. The molecule has 2 rings (SSSR count). The molecule has 0 atom stereocenters. The number of H-pyrrole nitrogens is 1. The first-order chi connectivity index (χ1) is 5.86. The molecule has 1 aliphatic heterocycles. The van der Waals surface area contributed by atoms with E-state index in [2.05, 4.69) is 22.1 Å². The van der Waals surface area contributed by atoms with E-state index in [1.165, 1.54) is 11.3 Å². The summed E-state index contributed by atoms with van der Waals surface area (Å²) in [7, 11) is 2.13. The third-order valence-electron chi connectivity index (χ3n) is 2.00. The fraction of sp³-hybridized carbons (Fsp3) is 0.667. The van der Waals surface area contributed by atoms with Gasteiger partial charge in [-0.3, -0.25) is 5.10 Å². The second-order valence-corrected chi connectivity index (χ2v) is 2.86. The van der Waals surface area contributed by atoms with Gasteiger partial charge in [-0.1, -0.05) is 13.8 Å². The molecule has 0 bridgehead atoms. The molecule has 0 amide bonds. The normalized spacial score (nSPS) is 16.2. The van der Waals surface area contributed by atoms with Gasteiger partial charge >= 0.3 is 0 Å². The van der Waals surface area contributed by atoms with Crippen LogP contribution in [0.15, 0.2) is 6.20 Å². The molecule has 1 aromatic heterocycles. The molecule has 0 saturated carbocycles. The van der Waals surface area contributed by atoms with Crippen molar-refractivity contribution in [2.24, 2.45) is 0 Å². The van der Waals surface area contributed by atoms with Crippen molar-refractivity contribution in [2.45, 2.75) is 26.8 Å². The van der Waals surface area contributed by atoms with Gasteiger partial charge < -0.3 is 4.90 Å². The van der Waals surface area contributed by atoms with Gasteiger partial charge in [0.25, 0.3) is 0 Å². The van der Waals surface area contributed by atoms with Crippen molar-refractivity contribution >= 4 is 0 Å². The summed E-state index contributed by atoms with van der Waals surface area (Å²) >= 11 is 0. The van der Waals surface area contributed by atoms with Crippen LogP contribution in [0.3, 0.4) is 0 Å². The van der Waals surface area contributed by atoms with E-state index in [9.17, 15) is 0 Å². The first-order valence-corrected chi connectivity index (χ1v) is 4.56. The van der Waals surface area contributed by atoms with Crippen LogP contribution in [0.5, 0.6) is 0 Å². The monoisotopic (exact) mass is 167 g/mol. The molecule has 0 spiro atoms. The minimum atomic E-state index is 1.02. The number of likely N-dealkylation sites (N-methyl/N-ethyl adjacent to an activating group) is 1. The molecule has 3 nitrogen and oxygen atoms in total. The quantitative estimate of drug-likeness (QED) is 0.633. The summed E-state index contributed by atoms with van der Waals surface area (Å²) in [5, 5.41) is 6.98. The number of nitrogens with zero attached hydrogens (tertiary/aromatic N) is 2. The number of fused-ring (bicyclic) bond motifs is 1. The van der Waals surface area contributed by atoms with Gasteiger partial charge in [0.05, 0.1) is 11.9 Å². The highest BCUT2D eigenvalue weighted by molar-refractivity contribution is 5.18. The van der Waals surface area contributed by atoms with Gasteiger partial charge in [0.1, 0.15) is 0 Å². The van der Waals surface area contributed by atoms with Crippen molar-refractivity contribution in [2.75, 3.05) is 13.6 Å². The summed E-state index contributed by atoms with van der Waals surface area (Å²) in [6, 6.07) is 0. The Labute approximate surface area is 73.8 Å².